The first-order valence-electron chi connectivity index (χ1n) is 5.17. The van der Waals surface area contributed by atoms with Crippen LogP contribution in [0.3, 0.4) is 0 Å². The summed E-state index contributed by atoms with van der Waals surface area (Å²) >= 11 is 5.50. The van der Waals surface area contributed by atoms with Gasteiger partial charge in [-0.25, -0.2) is 0 Å². The molecule has 3 nitrogen and oxygen atoms in total. The minimum Gasteiger partial charge on any atom is -0.386 e. The maximum absolute atomic E-state index is 11.4. The van der Waals surface area contributed by atoms with Crippen LogP contribution in [0.5, 0.6) is 0 Å². The number of alkyl halides is 1. The number of halogens is 1. The molecule has 1 N–H and O–H groups in total. The predicted octanol–water partition coefficient (Wildman–Crippen LogP) is 1.38. The van der Waals surface area contributed by atoms with Crippen molar-refractivity contribution in [2.45, 2.75) is 38.2 Å². The molecular formula is C10H18ClNO2. The number of nitrogens with zero attached hydrogens (tertiary/aromatic N) is 1. The van der Waals surface area contributed by atoms with Gasteiger partial charge in [-0.1, -0.05) is 13.3 Å². The Morgan fingerprint density at radius 1 is 1.57 bits per heavy atom. The zero-order valence-electron chi connectivity index (χ0n) is 8.63. The molecule has 0 radical (unpaired) electrons. The number of hydrogen-bond donors (Lipinski definition) is 1. The highest BCUT2D eigenvalue weighted by atomic mass is 35.5. The highest BCUT2D eigenvalue weighted by Gasteiger charge is 2.42. The lowest BCUT2D eigenvalue weighted by Gasteiger charge is -2.46. The Labute approximate surface area is 90.0 Å². The van der Waals surface area contributed by atoms with E-state index in [0.717, 1.165) is 19.3 Å². The van der Waals surface area contributed by atoms with E-state index < -0.39 is 5.60 Å². The maximum Gasteiger partial charge on any atom is 0.222 e. The van der Waals surface area contributed by atoms with Gasteiger partial charge in [0, 0.05) is 12.3 Å². The van der Waals surface area contributed by atoms with Crippen molar-refractivity contribution in [1.29, 1.82) is 0 Å². The summed E-state index contributed by atoms with van der Waals surface area (Å²) in [5, 5.41) is 9.83. The van der Waals surface area contributed by atoms with Crippen LogP contribution in [0.1, 0.15) is 32.6 Å². The van der Waals surface area contributed by atoms with Gasteiger partial charge in [0.25, 0.3) is 0 Å². The van der Waals surface area contributed by atoms with Gasteiger partial charge in [0.05, 0.1) is 18.7 Å². The number of likely N-dealkylation sites (tertiary alicyclic amines) is 1. The topological polar surface area (TPSA) is 40.5 Å². The number of rotatable bonds is 5. The lowest BCUT2D eigenvalue weighted by molar-refractivity contribution is -0.156. The van der Waals surface area contributed by atoms with E-state index in [4.69, 9.17) is 11.6 Å². The number of carbonyl (C=O) groups is 1. The molecule has 0 unspecified atom stereocenters. The molecule has 14 heavy (non-hydrogen) atoms. The molecule has 0 aliphatic carbocycles. The Bertz CT molecular complexity index is 202. The molecule has 1 fully saturated rings. The molecular weight excluding hydrogens is 202 g/mol. The molecule has 0 aromatic heterocycles. The molecule has 4 heteroatoms. The Balaban J connectivity index is 2.22. The van der Waals surface area contributed by atoms with E-state index in [1.807, 2.05) is 6.92 Å². The molecule has 1 amide bonds. The lowest BCUT2D eigenvalue weighted by Crippen LogP contribution is -2.63. The Morgan fingerprint density at radius 3 is 2.71 bits per heavy atom. The fraction of sp³-hybridized carbons (Fsp3) is 0.900. The van der Waals surface area contributed by atoms with Crippen molar-refractivity contribution < 1.29 is 9.90 Å². The summed E-state index contributed by atoms with van der Waals surface area (Å²) in [5.74, 6) is 0.644. The maximum atomic E-state index is 11.4. The van der Waals surface area contributed by atoms with Crippen LogP contribution in [0.2, 0.25) is 0 Å². The van der Waals surface area contributed by atoms with Crippen molar-refractivity contribution in [3.8, 4) is 0 Å². The van der Waals surface area contributed by atoms with Gasteiger partial charge in [0.15, 0.2) is 0 Å². The minimum absolute atomic E-state index is 0.117. The van der Waals surface area contributed by atoms with E-state index in [1.54, 1.807) is 4.90 Å². The number of amides is 1. The highest BCUT2D eigenvalue weighted by molar-refractivity contribution is 6.17. The largest absolute Gasteiger partial charge is 0.386 e. The average molecular weight is 220 g/mol. The van der Waals surface area contributed by atoms with Gasteiger partial charge < -0.3 is 10.0 Å². The lowest BCUT2D eigenvalue weighted by atomic mass is 9.89. The monoisotopic (exact) mass is 219 g/mol. The molecule has 0 aromatic carbocycles. The van der Waals surface area contributed by atoms with Crippen LogP contribution in [0.15, 0.2) is 0 Å². The van der Waals surface area contributed by atoms with Crippen molar-refractivity contribution in [2.75, 3.05) is 19.0 Å². The molecule has 1 aliphatic heterocycles. The second-order valence-corrected chi connectivity index (χ2v) is 4.39. The van der Waals surface area contributed by atoms with Crippen LogP contribution in [0.25, 0.3) is 0 Å². The van der Waals surface area contributed by atoms with Crippen LogP contribution in [-0.4, -0.2) is 40.5 Å². The first kappa shape index (κ1) is 11.8. The first-order chi connectivity index (χ1) is 6.61. The van der Waals surface area contributed by atoms with Crippen molar-refractivity contribution in [3.05, 3.63) is 0 Å². The number of aliphatic hydroxyl groups is 1. The molecule has 0 atom stereocenters. The standard InChI is InChI=1S/C10H18ClNO2/c1-2-5-10(14)7-12(8-10)9(13)4-3-6-11/h14H,2-8H2,1H3. The second kappa shape index (κ2) is 4.99. The predicted molar refractivity (Wildman–Crippen MR) is 56.4 cm³/mol. The molecule has 82 valence electrons. The minimum atomic E-state index is -0.606. The summed E-state index contributed by atoms with van der Waals surface area (Å²) in [5.41, 5.74) is -0.606. The molecule has 0 aromatic rings. The van der Waals surface area contributed by atoms with Crippen molar-refractivity contribution in [2.24, 2.45) is 0 Å². The molecule has 1 heterocycles. The summed E-state index contributed by atoms with van der Waals surface area (Å²) in [7, 11) is 0. The molecule has 0 saturated carbocycles. The Kier molecular flexibility index (Phi) is 4.20. The summed E-state index contributed by atoms with van der Waals surface area (Å²) in [6.07, 6.45) is 2.97. The average Bonchev–Trinajstić information content (AvgIpc) is 2.10. The summed E-state index contributed by atoms with van der Waals surface area (Å²) < 4.78 is 0. The van der Waals surface area contributed by atoms with E-state index >= 15 is 0 Å². The van der Waals surface area contributed by atoms with Gasteiger partial charge >= 0.3 is 0 Å². The third-order valence-corrected chi connectivity index (χ3v) is 2.83. The number of β-amino-alcohol motifs (C(OH)–C–C–N with tert-alkyl or cyclic N) is 1. The van der Waals surface area contributed by atoms with Gasteiger partial charge in [-0.05, 0) is 12.8 Å². The van der Waals surface area contributed by atoms with E-state index in [0.29, 0.717) is 25.4 Å². The van der Waals surface area contributed by atoms with Crippen molar-refractivity contribution in [3.63, 3.8) is 0 Å². The number of hydrogen-bond acceptors (Lipinski definition) is 2. The highest BCUT2D eigenvalue weighted by Crippen LogP contribution is 2.26. The van der Waals surface area contributed by atoms with Crippen molar-refractivity contribution >= 4 is 17.5 Å². The van der Waals surface area contributed by atoms with Crippen LogP contribution in [-0.2, 0) is 4.79 Å². The fourth-order valence-corrected chi connectivity index (χ4v) is 1.97. The molecule has 0 bridgehead atoms. The van der Waals surface area contributed by atoms with Gasteiger partial charge in [0.2, 0.25) is 5.91 Å². The smallest absolute Gasteiger partial charge is 0.222 e. The third kappa shape index (κ3) is 2.85. The Morgan fingerprint density at radius 2 is 2.21 bits per heavy atom. The third-order valence-electron chi connectivity index (χ3n) is 2.56. The second-order valence-electron chi connectivity index (χ2n) is 4.02. The molecule has 1 rings (SSSR count). The van der Waals surface area contributed by atoms with Gasteiger partial charge in [-0.3, -0.25) is 4.79 Å². The zero-order chi connectivity index (χ0) is 10.6. The fourth-order valence-electron chi connectivity index (χ4n) is 1.84. The van der Waals surface area contributed by atoms with Crippen LogP contribution < -0.4 is 0 Å². The SMILES string of the molecule is CCCC1(O)CN(C(=O)CCCCl)C1. The molecule has 1 saturated heterocycles. The van der Waals surface area contributed by atoms with Gasteiger partial charge in [-0.2, -0.15) is 0 Å². The van der Waals surface area contributed by atoms with Crippen molar-refractivity contribution in [1.82, 2.24) is 4.90 Å². The Hall–Kier alpha value is -0.280. The molecule has 0 spiro atoms. The quantitative estimate of drug-likeness (QED) is 0.710. The van der Waals surface area contributed by atoms with Gasteiger partial charge in [-0.15, -0.1) is 11.6 Å². The van der Waals surface area contributed by atoms with E-state index in [1.165, 1.54) is 0 Å². The van der Waals surface area contributed by atoms with E-state index in [-0.39, 0.29) is 5.91 Å². The van der Waals surface area contributed by atoms with Crippen LogP contribution >= 0.6 is 11.6 Å². The molecule has 1 aliphatic rings. The normalized spacial score (nSPS) is 19.2. The zero-order valence-corrected chi connectivity index (χ0v) is 9.39. The van der Waals surface area contributed by atoms with Gasteiger partial charge in [0.1, 0.15) is 0 Å². The number of carbonyl (C=O) groups excluding carboxylic acids is 1. The van der Waals surface area contributed by atoms with E-state index in [2.05, 4.69) is 0 Å². The summed E-state index contributed by atoms with van der Waals surface area (Å²) in [6, 6.07) is 0. The van der Waals surface area contributed by atoms with Crippen LogP contribution in [0, 0.1) is 0 Å². The summed E-state index contributed by atoms with van der Waals surface area (Å²) in [6.45, 7) is 3.04. The first-order valence-corrected chi connectivity index (χ1v) is 5.71. The van der Waals surface area contributed by atoms with E-state index in [9.17, 15) is 9.90 Å². The summed E-state index contributed by atoms with van der Waals surface area (Å²) in [4.78, 5) is 13.1. The van der Waals surface area contributed by atoms with Crippen LogP contribution in [0.4, 0.5) is 0 Å².